The highest BCUT2D eigenvalue weighted by Gasteiger charge is 2.19. The lowest BCUT2D eigenvalue weighted by Gasteiger charge is -2.33. The van der Waals surface area contributed by atoms with E-state index in [0.29, 0.717) is 5.54 Å². The summed E-state index contributed by atoms with van der Waals surface area (Å²) in [6.07, 6.45) is 1.10. The molecule has 2 nitrogen and oxygen atoms in total. The summed E-state index contributed by atoms with van der Waals surface area (Å²) in [5.41, 5.74) is 4.61. The van der Waals surface area contributed by atoms with Gasteiger partial charge >= 0.3 is 0 Å². The average Bonchev–Trinajstić information content (AvgIpc) is 2.49. The topological polar surface area (TPSA) is 6.48 Å². The number of hydrogen-bond acceptors (Lipinski definition) is 2. The zero-order valence-electron chi connectivity index (χ0n) is 13.7. The number of para-hydroxylation sites is 1. The van der Waals surface area contributed by atoms with E-state index in [-0.39, 0.29) is 0 Å². The number of hydrogen-bond donors (Lipinski definition) is 0. The fraction of sp³-hybridized carbons (Fsp3) is 0.647. The second-order valence-electron chi connectivity index (χ2n) is 5.02. The molecule has 0 N–H and O–H groups in total. The lowest BCUT2D eigenvalue weighted by molar-refractivity contribution is 0.809. The molecular weight excluding hydrogens is 260 g/mol. The normalized spacial score (nSPS) is 12.3. The van der Waals surface area contributed by atoms with Crippen molar-refractivity contribution < 1.29 is 0 Å². The Labute approximate surface area is 128 Å². The standard InChI is InChI=1S/C17H29N2Si/c1-6-16(20)14-12-11-13-15(18(7-2)8-3)17(14)19(9-4)10-5/h11-13,16H,6-10H2,1-5H3. The van der Waals surface area contributed by atoms with Gasteiger partial charge in [0.2, 0.25) is 0 Å². The summed E-state index contributed by atoms with van der Waals surface area (Å²) in [7, 11) is 3.90. The Balaban J connectivity index is 3.42. The molecule has 3 heteroatoms. The van der Waals surface area contributed by atoms with Crippen LogP contribution in [0.15, 0.2) is 18.2 Å². The van der Waals surface area contributed by atoms with Crippen molar-refractivity contribution in [1.82, 2.24) is 0 Å². The maximum atomic E-state index is 3.90. The van der Waals surface area contributed by atoms with Crippen molar-refractivity contribution in [3.8, 4) is 0 Å². The molecule has 0 amide bonds. The van der Waals surface area contributed by atoms with Crippen molar-refractivity contribution in [2.24, 2.45) is 0 Å². The fourth-order valence-electron chi connectivity index (χ4n) is 2.75. The molecule has 3 radical (unpaired) electrons. The number of nitrogens with zero attached hydrogens (tertiary/aromatic N) is 2. The molecule has 1 unspecified atom stereocenters. The molecule has 1 atom stereocenters. The van der Waals surface area contributed by atoms with Crippen molar-refractivity contribution in [3.05, 3.63) is 23.8 Å². The molecule has 1 aromatic rings. The van der Waals surface area contributed by atoms with Crippen molar-refractivity contribution in [1.29, 1.82) is 0 Å². The summed E-state index contributed by atoms with van der Waals surface area (Å²) >= 11 is 0. The number of rotatable bonds is 8. The lowest BCUT2D eigenvalue weighted by Crippen LogP contribution is -2.29. The van der Waals surface area contributed by atoms with Crippen LogP contribution in [0, 0.1) is 0 Å². The molecule has 0 saturated heterocycles. The quantitative estimate of drug-likeness (QED) is 0.667. The summed E-state index contributed by atoms with van der Waals surface area (Å²) in [5, 5.41) is 0. The summed E-state index contributed by atoms with van der Waals surface area (Å²) in [5.74, 6) is 0. The summed E-state index contributed by atoms with van der Waals surface area (Å²) in [6, 6.07) is 6.72. The molecule has 20 heavy (non-hydrogen) atoms. The van der Waals surface area contributed by atoms with Gasteiger partial charge in [-0.1, -0.05) is 25.5 Å². The minimum atomic E-state index is 0.418. The first-order chi connectivity index (χ1) is 9.64. The maximum Gasteiger partial charge on any atom is 0.0636 e. The van der Waals surface area contributed by atoms with Gasteiger partial charge in [0.1, 0.15) is 0 Å². The molecule has 0 bridgehead atoms. The molecule has 0 heterocycles. The smallest absolute Gasteiger partial charge is 0.0636 e. The van der Waals surface area contributed by atoms with Gasteiger partial charge in [-0.15, -0.1) is 0 Å². The highest BCUT2D eigenvalue weighted by atomic mass is 28.1. The van der Waals surface area contributed by atoms with Crippen LogP contribution in [-0.4, -0.2) is 36.4 Å². The Kier molecular flexibility index (Phi) is 7.14. The van der Waals surface area contributed by atoms with Gasteiger partial charge in [0.15, 0.2) is 0 Å². The predicted octanol–water partition coefficient (Wildman–Crippen LogP) is 4.00. The van der Waals surface area contributed by atoms with Crippen molar-refractivity contribution in [2.75, 3.05) is 36.0 Å². The van der Waals surface area contributed by atoms with E-state index in [1.165, 1.54) is 16.9 Å². The number of anilines is 2. The van der Waals surface area contributed by atoms with E-state index in [4.69, 9.17) is 0 Å². The molecule has 111 valence electrons. The Morgan fingerprint density at radius 1 is 0.900 bits per heavy atom. The first-order valence-corrected chi connectivity index (χ1v) is 8.55. The molecule has 0 aliphatic rings. The molecule has 0 aliphatic carbocycles. The highest BCUT2D eigenvalue weighted by Crippen LogP contribution is 2.37. The Morgan fingerprint density at radius 3 is 1.90 bits per heavy atom. The van der Waals surface area contributed by atoms with Crippen molar-refractivity contribution in [2.45, 2.75) is 46.6 Å². The van der Waals surface area contributed by atoms with E-state index in [2.05, 4.69) is 72.9 Å². The molecule has 1 rings (SSSR count). The van der Waals surface area contributed by atoms with Gasteiger partial charge in [-0.05, 0) is 44.9 Å². The third-order valence-electron chi connectivity index (χ3n) is 4.01. The SMILES string of the molecule is CCC([Si])c1cccc(N(CC)CC)c1N(CC)CC. The Hall–Kier alpha value is -0.963. The Morgan fingerprint density at radius 2 is 1.45 bits per heavy atom. The van der Waals surface area contributed by atoms with Gasteiger partial charge in [0.05, 0.1) is 11.4 Å². The summed E-state index contributed by atoms with van der Waals surface area (Å²) in [6.45, 7) is 15.4. The van der Waals surface area contributed by atoms with Crippen LogP contribution in [0.1, 0.15) is 52.1 Å². The van der Waals surface area contributed by atoms with E-state index in [1.807, 2.05) is 0 Å². The van der Waals surface area contributed by atoms with Gasteiger partial charge in [-0.3, -0.25) is 0 Å². The van der Waals surface area contributed by atoms with E-state index < -0.39 is 0 Å². The van der Waals surface area contributed by atoms with E-state index in [9.17, 15) is 0 Å². The third kappa shape index (κ3) is 3.57. The van der Waals surface area contributed by atoms with E-state index in [0.717, 1.165) is 32.6 Å². The van der Waals surface area contributed by atoms with Gasteiger partial charge in [-0.2, -0.15) is 0 Å². The van der Waals surface area contributed by atoms with Gasteiger partial charge < -0.3 is 9.80 Å². The third-order valence-corrected chi connectivity index (χ3v) is 4.73. The minimum absolute atomic E-state index is 0.418. The van der Waals surface area contributed by atoms with Crippen LogP contribution in [0.4, 0.5) is 11.4 Å². The van der Waals surface area contributed by atoms with E-state index >= 15 is 0 Å². The van der Waals surface area contributed by atoms with Crippen molar-refractivity contribution >= 4 is 21.6 Å². The van der Waals surface area contributed by atoms with Gasteiger partial charge in [0.25, 0.3) is 0 Å². The highest BCUT2D eigenvalue weighted by molar-refractivity contribution is 6.13. The molecule has 1 aromatic carbocycles. The Bertz CT molecular complexity index is 398. The zero-order chi connectivity index (χ0) is 15.1. The molecule has 0 saturated carbocycles. The summed E-state index contributed by atoms with van der Waals surface area (Å²) in [4.78, 5) is 4.93. The van der Waals surface area contributed by atoms with Crippen LogP contribution in [0.5, 0.6) is 0 Å². The van der Waals surface area contributed by atoms with Crippen LogP contribution in [0.3, 0.4) is 0 Å². The summed E-state index contributed by atoms with van der Waals surface area (Å²) < 4.78 is 0. The van der Waals surface area contributed by atoms with Crippen LogP contribution in [0.2, 0.25) is 0 Å². The maximum absolute atomic E-state index is 3.90. The first kappa shape index (κ1) is 17.1. The minimum Gasteiger partial charge on any atom is -0.370 e. The van der Waals surface area contributed by atoms with Crippen molar-refractivity contribution in [3.63, 3.8) is 0 Å². The van der Waals surface area contributed by atoms with Crippen LogP contribution in [0.25, 0.3) is 0 Å². The van der Waals surface area contributed by atoms with Crippen LogP contribution in [-0.2, 0) is 0 Å². The second kappa shape index (κ2) is 8.35. The molecular formula is C17H29N2Si. The molecule has 0 spiro atoms. The van der Waals surface area contributed by atoms with Crippen LogP contribution >= 0.6 is 0 Å². The van der Waals surface area contributed by atoms with Gasteiger partial charge in [0, 0.05) is 36.4 Å². The lowest BCUT2D eigenvalue weighted by atomic mass is 10.0. The zero-order valence-corrected chi connectivity index (χ0v) is 14.7. The molecule has 0 fully saturated rings. The largest absolute Gasteiger partial charge is 0.370 e. The van der Waals surface area contributed by atoms with Crippen LogP contribution < -0.4 is 9.80 Å². The number of benzene rings is 1. The molecule has 0 aliphatic heterocycles. The molecule has 0 aromatic heterocycles. The van der Waals surface area contributed by atoms with E-state index in [1.54, 1.807) is 0 Å². The second-order valence-corrected chi connectivity index (χ2v) is 5.72. The first-order valence-electron chi connectivity index (χ1n) is 7.98. The fourth-order valence-corrected chi connectivity index (χ4v) is 2.99. The van der Waals surface area contributed by atoms with Gasteiger partial charge in [-0.25, -0.2) is 0 Å². The monoisotopic (exact) mass is 289 g/mol. The predicted molar refractivity (Wildman–Crippen MR) is 92.4 cm³/mol. The average molecular weight is 290 g/mol.